The summed E-state index contributed by atoms with van der Waals surface area (Å²) in [7, 11) is 1.53. The number of aliphatic hydroxyl groups is 1. The van der Waals surface area contributed by atoms with Crippen molar-refractivity contribution < 1.29 is 19.4 Å². The van der Waals surface area contributed by atoms with Gasteiger partial charge in [-0.1, -0.05) is 0 Å². The minimum atomic E-state index is -1.02. The highest BCUT2D eigenvalue weighted by atomic mass is 35.5. The Balaban J connectivity index is 2.41. The van der Waals surface area contributed by atoms with Crippen molar-refractivity contribution in [3.8, 4) is 5.75 Å². The quantitative estimate of drug-likeness (QED) is 0.808. The Labute approximate surface area is 141 Å². The largest absolute Gasteiger partial charge is 0.497 e. The molecule has 2 rings (SSSR count). The Morgan fingerprint density at radius 2 is 2.13 bits per heavy atom. The second-order valence-electron chi connectivity index (χ2n) is 6.29. The number of carbonyl (C=O) groups excluding carboxylic acids is 2. The van der Waals surface area contributed by atoms with Gasteiger partial charge in [-0.2, -0.15) is 0 Å². The van der Waals surface area contributed by atoms with Crippen LogP contribution in [0.3, 0.4) is 0 Å². The summed E-state index contributed by atoms with van der Waals surface area (Å²) < 4.78 is 5.20. The van der Waals surface area contributed by atoms with E-state index in [1.165, 1.54) is 7.11 Å². The summed E-state index contributed by atoms with van der Waals surface area (Å²) in [6.07, 6.45) is -0.182. The molecular formula is C17H22ClNO4. The van der Waals surface area contributed by atoms with Crippen molar-refractivity contribution in [3.63, 3.8) is 0 Å². The lowest BCUT2D eigenvalue weighted by Gasteiger charge is -2.41. The summed E-state index contributed by atoms with van der Waals surface area (Å²) in [5.74, 6) is 0.626. The van der Waals surface area contributed by atoms with Gasteiger partial charge < -0.3 is 15.2 Å². The van der Waals surface area contributed by atoms with Crippen LogP contribution in [0.5, 0.6) is 5.75 Å². The second-order valence-corrected chi connectivity index (χ2v) is 6.66. The zero-order chi connectivity index (χ0) is 17.2. The number of benzene rings is 1. The highest BCUT2D eigenvalue weighted by Crippen LogP contribution is 2.42. The van der Waals surface area contributed by atoms with Crippen LogP contribution in [0.1, 0.15) is 48.7 Å². The lowest BCUT2D eigenvalue weighted by Crippen LogP contribution is -2.51. The number of alkyl halides is 1. The minimum absolute atomic E-state index is 0.145. The van der Waals surface area contributed by atoms with Crippen LogP contribution >= 0.6 is 11.6 Å². The predicted molar refractivity (Wildman–Crippen MR) is 88.0 cm³/mol. The van der Waals surface area contributed by atoms with Crippen LogP contribution in [0.4, 0.5) is 0 Å². The fourth-order valence-electron chi connectivity index (χ4n) is 2.83. The standard InChI is InChI=1S/C17H22ClNO4/c1-17(2)15(21)11-7-6-10(23-3)9-12(11)14(16(17)22)19-13(20)5-4-8-18/h6-7,9,14,16,22H,4-5,8H2,1-3H3,(H,19,20)/t14-,16+/m0/s1. The average molecular weight is 340 g/mol. The molecule has 0 saturated carbocycles. The molecule has 0 heterocycles. The number of aliphatic hydroxyl groups excluding tert-OH is 1. The summed E-state index contributed by atoms with van der Waals surface area (Å²) in [6, 6.07) is 4.42. The van der Waals surface area contributed by atoms with E-state index in [9.17, 15) is 14.7 Å². The van der Waals surface area contributed by atoms with Crippen LogP contribution in [0.15, 0.2) is 18.2 Å². The number of methoxy groups -OCH3 is 1. The van der Waals surface area contributed by atoms with Gasteiger partial charge in [-0.25, -0.2) is 0 Å². The molecule has 0 radical (unpaired) electrons. The van der Waals surface area contributed by atoms with Gasteiger partial charge in [0, 0.05) is 17.9 Å². The van der Waals surface area contributed by atoms with E-state index in [0.717, 1.165) is 0 Å². The first-order valence-electron chi connectivity index (χ1n) is 7.59. The fourth-order valence-corrected chi connectivity index (χ4v) is 2.96. The van der Waals surface area contributed by atoms with E-state index < -0.39 is 17.6 Å². The summed E-state index contributed by atoms with van der Waals surface area (Å²) in [6.45, 7) is 3.37. The average Bonchev–Trinajstić information content (AvgIpc) is 2.54. The molecule has 0 bridgehead atoms. The zero-order valence-corrected chi connectivity index (χ0v) is 14.3. The Morgan fingerprint density at radius 1 is 1.43 bits per heavy atom. The third-order valence-electron chi connectivity index (χ3n) is 4.33. The van der Waals surface area contributed by atoms with Gasteiger partial charge in [0.15, 0.2) is 5.78 Å². The van der Waals surface area contributed by atoms with E-state index in [-0.39, 0.29) is 18.1 Å². The lowest BCUT2D eigenvalue weighted by molar-refractivity contribution is -0.123. The van der Waals surface area contributed by atoms with Crippen molar-refractivity contribution in [1.29, 1.82) is 0 Å². The van der Waals surface area contributed by atoms with Crippen molar-refractivity contribution in [2.24, 2.45) is 5.41 Å². The van der Waals surface area contributed by atoms with E-state index in [1.54, 1.807) is 32.0 Å². The third kappa shape index (κ3) is 3.35. The van der Waals surface area contributed by atoms with Gasteiger partial charge in [0.05, 0.1) is 24.7 Å². The van der Waals surface area contributed by atoms with Gasteiger partial charge >= 0.3 is 0 Å². The van der Waals surface area contributed by atoms with Crippen LogP contribution in [0.2, 0.25) is 0 Å². The molecule has 6 heteroatoms. The summed E-state index contributed by atoms with van der Waals surface area (Å²) in [4.78, 5) is 24.7. The highest BCUT2D eigenvalue weighted by Gasteiger charge is 2.47. The first kappa shape index (κ1) is 17.8. The SMILES string of the molecule is COc1ccc2c(c1)[C@H](NC(=O)CCCCl)[C@@H](O)C(C)(C)C2=O. The van der Waals surface area contributed by atoms with Crippen LogP contribution in [-0.2, 0) is 4.79 Å². The normalized spacial score (nSPS) is 22.4. The first-order chi connectivity index (χ1) is 10.8. The zero-order valence-electron chi connectivity index (χ0n) is 13.6. The van der Waals surface area contributed by atoms with Crippen molar-refractivity contribution in [2.75, 3.05) is 13.0 Å². The number of rotatable bonds is 5. The van der Waals surface area contributed by atoms with Gasteiger partial charge in [0.2, 0.25) is 5.91 Å². The number of Topliss-reactive ketones (excluding diaryl/α,β-unsaturated/α-hetero) is 1. The Morgan fingerprint density at radius 3 is 2.74 bits per heavy atom. The molecule has 1 aliphatic carbocycles. The third-order valence-corrected chi connectivity index (χ3v) is 4.60. The molecule has 1 aromatic carbocycles. The maximum atomic E-state index is 12.6. The van der Waals surface area contributed by atoms with Gasteiger partial charge in [-0.15, -0.1) is 11.6 Å². The molecule has 1 aliphatic rings. The number of carbonyl (C=O) groups is 2. The Kier molecular flexibility index (Phi) is 5.32. The van der Waals surface area contributed by atoms with E-state index >= 15 is 0 Å². The predicted octanol–water partition coefficient (Wildman–Crippen LogP) is 2.45. The number of amides is 1. The Bertz CT molecular complexity index is 615. The maximum absolute atomic E-state index is 12.6. The molecule has 5 nitrogen and oxygen atoms in total. The molecule has 0 fully saturated rings. The molecule has 1 aromatic rings. The number of ether oxygens (including phenoxy) is 1. The van der Waals surface area contributed by atoms with Crippen LogP contribution < -0.4 is 10.1 Å². The van der Waals surface area contributed by atoms with Crippen LogP contribution in [0.25, 0.3) is 0 Å². The smallest absolute Gasteiger partial charge is 0.220 e. The number of hydrogen-bond acceptors (Lipinski definition) is 4. The second kappa shape index (κ2) is 6.89. The van der Waals surface area contributed by atoms with E-state index in [0.29, 0.717) is 29.2 Å². The number of halogens is 1. The van der Waals surface area contributed by atoms with Crippen LogP contribution in [-0.4, -0.2) is 35.9 Å². The maximum Gasteiger partial charge on any atom is 0.220 e. The highest BCUT2D eigenvalue weighted by molar-refractivity contribution is 6.17. The monoisotopic (exact) mass is 339 g/mol. The van der Waals surface area contributed by atoms with E-state index in [1.807, 2.05) is 0 Å². The molecule has 23 heavy (non-hydrogen) atoms. The molecule has 0 unspecified atom stereocenters. The molecule has 126 valence electrons. The minimum Gasteiger partial charge on any atom is -0.497 e. The first-order valence-corrected chi connectivity index (χ1v) is 8.12. The van der Waals surface area contributed by atoms with E-state index in [4.69, 9.17) is 16.3 Å². The lowest BCUT2D eigenvalue weighted by atomic mass is 9.68. The van der Waals surface area contributed by atoms with Gasteiger partial charge in [-0.3, -0.25) is 9.59 Å². The summed E-state index contributed by atoms with van der Waals surface area (Å²) >= 11 is 5.61. The van der Waals surface area contributed by atoms with Crippen molar-refractivity contribution in [2.45, 2.75) is 38.8 Å². The summed E-state index contributed by atoms with van der Waals surface area (Å²) in [5, 5.41) is 13.5. The topological polar surface area (TPSA) is 75.6 Å². The molecule has 1 amide bonds. The van der Waals surface area contributed by atoms with Crippen molar-refractivity contribution >= 4 is 23.3 Å². The Hall–Kier alpha value is -1.59. The molecule has 0 aliphatic heterocycles. The van der Waals surface area contributed by atoms with Gasteiger partial charge in [-0.05, 0) is 44.0 Å². The van der Waals surface area contributed by atoms with Crippen LogP contribution in [0, 0.1) is 5.41 Å². The molecule has 0 saturated heterocycles. The molecule has 2 atom stereocenters. The fraction of sp³-hybridized carbons (Fsp3) is 0.529. The number of ketones is 1. The van der Waals surface area contributed by atoms with Gasteiger partial charge in [0.1, 0.15) is 5.75 Å². The van der Waals surface area contributed by atoms with Crippen molar-refractivity contribution in [1.82, 2.24) is 5.32 Å². The summed E-state index contributed by atoms with van der Waals surface area (Å²) in [5.41, 5.74) is 0.107. The van der Waals surface area contributed by atoms with Gasteiger partial charge in [0.25, 0.3) is 0 Å². The molecule has 2 N–H and O–H groups in total. The van der Waals surface area contributed by atoms with E-state index in [2.05, 4.69) is 5.32 Å². The molecule has 0 aromatic heterocycles. The number of fused-ring (bicyclic) bond motifs is 1. The molecule has 0 spiro atoms. The number of hydrogen-bond donors (Lipinski definition) is 2. The van der Waals surface area contributed by atoms with Crippen molar-refractivity contribution in [3.05, 3.63) is 29.3 Å². The number of nitrogens with one attached hydrogen (secondary N) is 1. The molecular weight excluding hydrogens is 318 g/mol.